The van der Waals surface area contributed by atoms with Gasteiger partial charge in [0.25, 0.3) is 0 Å². The van der Waals surface area contributed by atoms with Crippen molar-refractivity contribution in [2.45, 2.75) is 25.5 Å². The number of hydrogen-bond donors (Lipinski definition) is 1. The zero-order chi connectivity index (χ0) is 8.97. The molecule has 2 atom stereocenters. The predicted molar refractivity (Wildman–Crippen MR) is 51.6 cm³/mol. The zero-order valence-electron chi connectivity index (χ0n) is 7.02. The van der Waals surface area contributed by atoms with E-state index >= 15 is 0 Å². The first-order valence-corrected chi connectivity index (χ1v) is 4.83. The molecule has 1 heterocycles. The first kappa shape index (κ1) is 10.3. The summed E-state index contributed by atoms with van der Waals surface area (Å²) in [6.45, 7) is 3.47. The van der Waals surface area contributed by atoms with Crippen LogP contribution in [0.5, 0.6) is 0 Å². The molecule has 0 amide bonds. The molecule has 0 aromatic rings. The van der Waals surface area contributed by atoms with Crippen LogP contribution < -0.4 is 5.32 Å². The molecule has 0 aromatic heterocycles. The Morgan fingerprint density at radius 2 is 2.50 bits per heavy atom. The second kappa shape index (κ2) is 5.07. The molecule has 2 nitrogen and oxygen atoms in total. The summed E-state index contributed by atoms with van der Waals surface area (Å²) in [5, 5.41) is 3.89. The van der Waals surface area contributed by atoms with E-state index in [-0.39, 0.29) is 0 Å². The van der Waals surface area contributed by atoms with E-state index < -0.39 is 0 Å². The fourth-order valence-corrected chi connectivity index (χ4v) is 1.39. The van der Waals surface area contributed by atoms with Gasteiger partial charge in [0, 0.05) is 23.2 Å². The fourth-order valence-electron chi connectivity index (χ4n) is 1.24. The minimum absolute atomic E-state index is 0.362. The minimum atomic E-state index is 0.362. The third-order valence-electron chi connectivity index (χ3n) is 1.88. The highest BCUT2D eigenvalue weighted by Gasteiger charge is 2.20. The summed E-state index contributed by atoms with van der Waals surface area (Å²) in [6, 6.07) is 0.422. The monoisotopic (exact) mass is 209 g/mol. The van der Waals surface area contributed by atoms with Crippen LogP contribution in [0.25, 0.3) is 0 Å². The Morgan fingerprint density at radius 1 is 1.75 bits per heavy atom. The lowest BCUT2D eigenvalue weighted by Gasteiger charge is -2.08. The molecular weight excluding hydrogens is 197 g/mol. The zero-order valence-corrected chi connectivity index (χ0v) is 8.53. The Kier molecular flexibility index (Phi) is 4.36. The fraction of sp³-hybridized carbons (Fsp3) is 0.750. The Labute approximate surface area is 82.9 Å². The maximum absolute atomic E-state index is 5.71. The molecule has 1 saturated heterocycles. The van der Waals surface area contributed by atoms with Gasteiger partial charge in [-0.1, -0.05) is 23.2 Å². The van der Waals surface area contributed by atoms with Crippen molar-refractivity contribution in [3.05, 3.63) is 10.6 Å². The number of halogens is 2. The van der Waals surface area contributed by atoms with E-state index in [2.05, 4.69) is 12.2 Å². The normalized spacial score (nSPS) is 31.1. The molecule has 1 fully saturated rings. The molecule has 0 bridgehead atoms. The summed E-state index contributed by atoms with van der Waals surface area (Å²) in [5.41, 5.74) is 1.38. The average Bonchev–Trinajstić information content (AvgIpc) is 2.47. The summed E-state index contributed by atoms with van der Waals surface area (Å²) in [6.07, 6.45) is 1.41. The van der Waals surface area contributed by atoms with Gasteiger partial charge in [0.2, 0.25) is 0 Å². The standard InChI is InChI=1S/C8H13Cl2NO/c1-6-2-8(5-12-6)11-4-7(10)3-9/h3,6,8,11H,2,4-5H2,1H3/b7-3-. The summed E-state index contributed by atoms with van der Waals surface area (Å²) < 4.78 is 5.37. The van der Waals surface area contributed by atoms with Gasteiger partial charge in [-0.2, -0.15) is 0 Å². The van der Waals surface area contributed by atoms with Crippen LogP contribution in [0.15, 0.2) is 10.6 Å². The van der Waals surface area contributed by atoms with Crippen LogP contribution in [-0.2, 0) is 4.74 Å². The van der Waals surface area contributed by atoms with Crippen molar-refractivity contribution in [3.8, 4) is 0 Å². The molecule has 1 rings (SSSR count). The molecule has 2 unspecified atom stereocenters. The summed E-state index contributed by atoms with van der Waals surface area (Å²) in [7, 11) is 0. The van der Waals surface area contributed by atoms with Gasteiger partial charge in [0.05, 0.1) is 12.7 Å². The van der Waals surface area contributed by atoms with Gasteiger partial charge < -0.3 is 10.1 Å². The molecule has 1 aliphatic heterocycles. The number of ether oxygens (including phenoxy) is 1. The summed E-state index contributed by atoms with van der Waals surface area (Å²) >= 11 is 11.1. The van der Waals surface area contributed by atoms with Crippen molar-refractivity contribution >= 4 is 23.2 Å². The predicted octanol–water partition coefficient (Wildman–Crippen LogP) is 2.07. The third kappa shape index (κ3) is 3.31. The van der Waals surface area contributed by atoms with Crippen molar-refractivity contribution in [1.82, 2.24) is 5.32 Å². The van der Waals surface area contributed by atoms with Gasteiger partial charge in [0.1, 0.15) is 0 Å². The van der Waals surface area contributed by atoms with E-state index in [1.807, 2.05) is 0 Å². The Morgan fingerprint density at radius 3 is 3.00 bits per heavy atom. The molecule has 70 valence electrons. The number of rotatable bonds is 3. The van der Waals surface area contributed by atoms with Gasteiger partial charge in [-0.3, -0.25) is 0 Å². The van der Waals surface area contributed by atoms with Gasteiger partial charge in [-0.05, 0) is 13.3 Å². The van der Waals surface area contributed by atoms with Crippen molar-refractivity contribution in [2.24, 2.45) is 0 Å². The first-order chi connectivity index (χ1) is 5.72. The van der Waals surface area contributed by atoms with E-state index in [9.17, 15) is 0 Å². The molecule has 1 aliphatic rings. The second-order valence-corrected chi connectivity index (χ2v) is 3.72. The molecule has 12 heavy (non-hydrogen) atoms. The summed E-state index contributed by atoms with van der Waals surface area (Å²) in [4.78, 5) is 0. The van der Waals surface area contributed by atoms with Crippen LogP contribution in [0.2, 0.25) is 0 Å². The van der Waals surface area contributed by atoms with Crippen LogP contribution in [0.3, 0.4) is 0 Å². The van der Waals surface area contributed by atoms with E-state index in [4.69, 9.17) is 27.9 Å². The number of hydrogen-bond acceptors (Lipinski definition) is 2. The highest BCUT2D eigenvalue weighted by Crippen LogP contribution is 2.12. The largest absolute Gasteiger partial charge is 0.377 e. The molecule has 0 aliphatic carbocycles. The van der Waals surface area contributed by atoms with Crippen LogP contribution in [0.4, 0.5) is 0 Å². The lowest BCUT2D eigenvalue weighted by atomic mass is 10.2. The Balaban J connectivity index is 2.16. The van der Waals surface area contributed by atoms with Gasteiger partial charge >= 0.3 is 0 Å². The first-order valence-electron chi connectivity index (χ1n) is 4.02. The second-order valence-electron chi connectivity index (χ2n) is 3.01. The van der Waals surface area contributed by atoms with Crippen LogP contribution in [0, 0.1) is 0 Å². The molecule has 0 radical (unpaired) electrons. The molecular formula is C8H13Cl2NO. The highest BCUT2D eigenvalue weighted by molar-refractivity contribution is 6.36. The molecule has 0 aromatic carbocycles. The van der Waals surface area contributed by atoms with Crippen molar-refractivity contribution in [1.29, 1.82) is 0 Å². The topological polar surface area (TPSA) is 21.3 Å². The average molecular weight is 210 g/mol. The Hall–Kier alpha value is 0.240. The maximum Gasteiger partial charge on any atom is 0.0624 e. The maximum atomic E-state index is 5.71. The van der Waals surface area contributed by atoms with Crippen molar-refractivity contribution < 1.29 is 4.74 Å². The molecule has 0 spiro atoms. The van der Waals surface area contributed by atoms with E-state index in [1.54, 1.807) is 0 Å². The Bertz CT molecular complexity index is 172. The van der Waals surface area contributed by atoms with Gasteiger partial charge in [-0.15, -0.1) is 0 Å². The van der Waals surface area contributed by atoms with Crippen molar-refractivity contribution in [2.75, 3.05) is 13.2 Å². The number of nitrogens with one attached hydrogen (secondary N) is 1. The van der Waals surface area contributed by atoms with E-state index in [0.29, 0.717) is 23.7 Å². The van der Waals surface area contributed by atoms with Crippen LogP contribution in [0.1, 0.15) is 13.3 Å². The lowest BCUT2D eigenvalue weighted by Crippen LogP contribution is -2.30. The molecule has 4 heteroatoms. The molecule has 0 saturated carbocycles. The SMILES string of the molecule is CC1CC(NC/C(Cl)=C/Cl)CO1. The van der Waals surface area contributed by atoms with E-state index in [1.165, 1.54) is 5.54 Å². The third-order valence-corrected chi connectivity index (χ3v) is 2.49. The summed E-state index contributed by atoms with van der Waals surface area (Å²) in [5.74, 6) is 0. The van der Waals surface area contributed by atoms with Crippen LogP contribution in [-0.4, -0.2) is 25.3 Å². The quantitative estimate of drug-likeness (QED) is 0.769. The van der Waals surface area contributed by atoms with Crippen molar-refractivity contribution in [3.63, 3.8) is 0 Å². The van der Waals surface area contributed by atoms with Gasteiger partial charge in [0.15, 0.2) is 0 Å². The highest BCUT2D eigenvalue weighted by atomic mass is 35.5. The van der Waals surface area contributed by atoms with Crippen LogP contribution >= 0.6 is 23.2 Å². The minimum Gasteiger partial charge on any atom is -0.377 e. The molecule has 1 N–H and O–H groups in total. The van der Waals surface area contributed by atoms with E-state index in [0.717, 1.165) is 13.0 Å². The smallest absolute Gasteiger partial charge is 0.0624 e. The lowest BCUT2D eigenvalue weighted by molar-refractivity contribution is 0.122. The van der Waals surface area contributed by atoms with Gasteiger partial charge in [-0.25, -0.2) is 0 Å².